The fourth-order valence-electron chi connectivity index (χ4n) is 1.98. The van der Waals surface area contributed by atoms with Gasteiger partial charge in [-0.1, -0.05) is 0 Å². The number of alkyl halides is 18. The maximum Gasteiger partial charge on any atom is 2.00 e. The van der Waals surface area contributed by atoms with E-state index >= 15 is 0 Å². The third kappa shape index (κ3) is 28.4. The van der Waals surface area contributed by atoms with Gasteiger partial charge in [0.05, 0.1) is 13.6 Å². The van der Waals surface area contributed by atoms with Crippen LogP contribution in [0.25, 0.3) is 0 Å². The standard InChI is InChI=1S/C7H15N2O3Si.3C5H2F6O2.Co/c1-8-4-5-9(7-8)3-2-6-13(10,11)12;3*6-4(7,8)2(12)1-3(13)5(9,10)11;/h4-5,7,10-12H,2-3,6H2,1H3;3*1,12H;/q+1;;;;+2/p-3/b;3*2-1-;. The van der Waals surface area contributed by atoms with Crippen LogP contribution in [0, 0.1) is 0 Å². The maximum absolute atomic E-state index is 11.3. The Hall–Kier alpha value is -3.82. The minimum Gasteiger partial charge on any atom is -0.869 e. The summed E-state index contributed by atoms with van der Waals surface area (Å²) in [6.07, 6.45) is -29.6. The van der Waals surface area contributed by atoms with Crippen LogP contribution in [0.2, 0.25) is 6.04 Å². The number of carbonyl (C=O) groups is 3. The van der Waals surface area contributed by atoms with Crippen molar-refractivity contribution >= 4 is 26.2 Å². The van der Waals surface area contributed by atoms with Crippen LogP contribution in [0.3, 0.4) is 0 Å². The molecule has 1 radical (unpaired) electrons. The van der Waals surface area contributed by atoms with Gasteiger partial charge < -0.3 is 29.7 Å². The van der Waals surface area contributed by atoms with Gasteiger partial charge in [-0.05, 0) is 41.9 Å². The number of hydrogen-bond donors (Lipinski definition) is 3. The first-order valence-corrected chi connectivity index (χ1v) is 14.1. The molecule has 11 nitrogen and oxygen atoms in total. The monoisotopic (exact) mass is 883 g/mol. The number of halogens is 18. The summed E-state index contributed by atoms with van der Waals surface area (Å²) in [6, 6.07) is 0.0922. The summed E-state index contributed by atoms with van der Waals surface area (Å²) >= 11 is 0. The van der Waals surface area contributed by atoms with Crippen LogP contribution >= 0.6 is 0 Å². The summed E-state index contributed by atoms with van der Waals surface area (Å²) in [6.45, 7) is 0.692. The molecule has 0 aromatic carbocycles. The van der Waals surface area contributed by atoms with E-state index in [4.69, 9.17) is 14.4 Å². The zero-order chi connectivity index (χ0) is 42.5. The zero-order valence-corrected chi connectivity index (χ0v) is 26.9. The Bertz CT molecular complexity index is 1290. The van der Waals surface area contributed by atoms with E-state index in [1.54, 1.807) is 0 Å². The summed E-state index contributed by atoms with van der Waals surface area (Å²) in [5.74, 6) is -16.9. The van der Waals surface area contributed by atoms with Crippen molar-refractivity contribution in [2.45, 2.75) is 56.1 Å². The van der Waals surface area contributed by atoms with Crippen LogP contribution in [-0.2, 0) is 44.8 Å². The Balaban J connectivity index is -0.000000300. The molecule has 0 aliphatic carbocycles. The number of imidazole rings is 1. The van der Waals surface area contributed by atoms with Gasteiger partial charge in [-0.3, -0.25) is 14.4 Å². The van der Waals surface area contributed by atoms with Gasteiger partial charge >= 0.3 is 62.6 Å². The number of nitrogens with zero attached hydrogens (tertiary/aromatic N) is 2. The smallest absolute Gasteiger partial charge is 0.869 e. The fraction of sp³-hybridized carbons (Fsp3) is 0.455. The van der Waals surface area contributed by atoms with Gasteiger partial charge in [0.1, 0.15) is 12.4 Å². The van der Waals surface area contributed by atoms with Crippen LogP contribution in [0.4, 0.5) is 79.0 Å². The topological polar surface area (TPSA) is 190 Å². The molecule has 309 valence electrons. The molecule has 31 heteroatoms. The fourth-order valence-corrected chi connectivity index (χ4v) is 2.61. The number of aryl methyl sites for hydroxylation is 2. The first kappa shape index (κ1) is 55.9. The molecule has 0 aliphatic rings. The summed E-state index contributed by atoms with van der Waals surface area (Å²) in [5.41, 5.74) is 0. The van der Waals surface area contributed by atoms with Gasteiger partial charge in [0, 0.05) is 6.04 Å². The van der Waals surface area contributed by atoms with Crippen molar-refractivity contribution in [3.63, 3.8) is 0 Å². The molecule has 0 atom stereocenters. The van der Waals surface area contributed by atoms with E-state index in [1.807, 2.05) is 34.9 Å². The van der Waals surface area contributed by atoms with E-state index in [1.165, 1.54) is 0 Å². The van der Waals surface area contributed by atoms with E-state index in [0.717, 1.165) is 0 Å². The van der Waals surface area contributed by atoms with E-state index < -0.39 is 98.7 Å². The minimum absolute atomic E-state index is 0. The van der Waals surface area contributed by atoms with E-state index in [-0.39, 0.29) is 22.8 Å². The molecule has 1 heterocycles. The van der Waals surface area contributed by atoms with Crippen molar-refractivity contribution < 1.29 is 144 Å². The van der Waals surface area contributed by atoms with Gasteiger partial charge in [0.2, 0.25) is 6.33 Å². The van der Waals surface area contributed by atoms with Crippen molar-refractivity contribution in [2.24, 2.45) is 7.05 Å². The van der Waals surface area contributed by atoms with E-state index in [9.17, 15) is 109 Å². The second-order valence-corrected chi connectivity index (χ2v) is 10.8. The van der Waals surface area contributed by atoms with Crippen LogP contribution in [-0.4, -0.2) is 82.2 Å². The molecule has 0 bridgehead atoms. The first-order chi connectivity index (χ1) is 22.6. The van der Waals surface area contributed by atoms with Gasteiger partial charge in [-0.15, -0.1) is 0 Å². The molecule has 3 N–H and O–H groups in total. The molecule has 0 spiro atoms. The summed E-state index contributed by atoms with van der Waals surface area (Å²) in [5, 5.41) is 29.5. The average Bonchev–Trinajstić information content (AvgIpc) is 3.30. The Labute approximate surface area is 292 Å². The number of rotatable bonds is 7. The van der Waals surface area contributed by atoms with Crippen LogP contribution in [0.1, 0.15) is 6.42 Å². The molecule has 53 heavy (non-hydrogen) atoms. The number of carbonyl (C=O) groups excluding carboxylic acids is 3. The molecule has 0 aliphatic heterocycles. The molecule has 1 aromatic heterocycles. The Morgan fingerprint density at radius 2 is 0.868 bits per heavy atom. The molecule has 0 unspecified atom stereocenters. The molecular weight excluding hydrogens is 865 g/mol. The number of allylic oxidation sites excluding steroid dienone is 6. The van der Waals surface area contributed by atoms with Crippen LogP contribution in [0.5, 0.6) is 0 Å². The predicted octanol–water partition coefficient (Wildman–Crippen LogP) is 1.39. The van der Waals surface area contributed by atoms with Crippen molar-refractivity contribution in [2.75, 3.05) is 0 Å². The molecule has 0 fully saturated rings. The zero-order valence-electron chi connectivity index (χ0n) is 24.9. The Morgan fingerprint density at radius 3 is 1.04 bits per heavy atom. The quantitative estimate of drug-likeness (QED) is 0.120. The molecular formula is C22H18CoF18N2O9Si. The van der Waals surface area contributed by atoms with Crippen LogP contribution < -0.4 is 19.9 Å². The average molecular weight is 883 g/mol. The number of aromatic nitrogens is 2. The van der Waals surface area contributed by atoms with Gasteiger partial charge in [0.25, 0.3) is 17.3 Å². The molecule has 0 amide bonds. The third-order valence-corrected chi connectivity index (χ3v) is 5.24. The SMILES string of the molecule is C[n+]1ccn(CCC[Si](O)(O)O)c1.O=C(/C=C(\[O-])C(F)(F)F)C(F)(F)F.O=C(/C=C(\[O-])C(F)(F)F)C(F)(F)F.O=C(/C=C(\[O-])C(F)(F)F)C(F)(F)F.[Co+2]. The van der Waals surface area contributed by atoms with E-state index in [0.29, 0.717) is 13.0 Å². The molecule has 1 aromatic rings. The largest absolute Gasteiger partial charge is 2.00 e. The second kappa shape index (κ2) is 21.2. The Kier molecular flexibility index (Phi) is 22.3. The van der Waals surface area contributed by atoms with Crippen molar-refractivity contribution in [3.05, 3.63) is 54.2 Å². The summed E-state index contributed by atoms with van der Waals surface area (Å²) in [4.78, 5) is 55.7. The summed E-state index contributed by atoms with van der Waals surface area (Å²) in [7, 11) is -1.91. The minimum atomic E-state index is -5.46. The number of ketones is 3. The van der Waals surface area contributed by atoms with Gasteiger partial charge in [-0.25, -0.2) is 9.13 Å². The molecule has 1 rings (SSSR count). The molecule has 0 saturated heterocycles. The normalized spacial score (nSPS) is 13.6. The first-order valence-electron chi connectivity index (χ1n) is 12.0. The van der Waals surface area contributed by atoms with Crippen molar-refractivity contribution in [1.82, 2.24) is 4.57 Å². The predicted molar refractivity (Wildman–Crippen MR) is 123 cm³/mol. The van der Waals surface area contributed by atoms with Crippen molar-refractivity contribution in [1.29, 1.82) is 0 Å². The van der Waals surface area contributed by atoms with Crippen molar-refractivity contribution in [3.8, 4) is 0 Å². The number of hydrogen-bond acceptors (Lipinski definition) is 9. The summed E-state index contributed by atoms with van der Waals surface area (Å²) < 4.78 is 207. The Morgan fingerprint density at radius 1 is 0.604 bits per heavy atom. The molecule has 0 saturated carbocycles. The maximum atomic E-state index is 11.3. The van der Waals surface area contributed by atoms with Gasteiger partial charge in [0.15, 0.2) is 0 Å². The van der Waals surface area contributed by atoms with Crippen LogP contribution in [0.15, 0.2) is 54.2 Å². The van der Waals surface area contributed by atoms with E-state index in [2.05, 4.69) is 0 Å². The van der Waals surface area contributed by atoms with Gasteiger partial charge in [-0.2, -0.15) is 79.0 Å². The third-order valence-electron chi connectivity index (χ3n) is 4.22. The second-order valence-electron chi connectivity index (χ2n) is 8.80.